The maximum absolute atomic E-state index is 12.5. The van der Waals surface area contributed by atoms with Crippen LogP contribution in [0.4, 0.5) is 0 Å². The molecule has 26 heavy (non-hydrogen) atoms. The van der Waals surface area contributed by atoms with E-state index in [0.29, 0.717) is 31.1 Å². The van der Waals surface area contributed by atoms with Crippen molar-refractivity contribution in [2.24, 2.45) is 0 Å². The van der Waals surface area contributed by atoms with E-state index in [0.717, 1.165) is 35.1 Å². The van der Waals surface area contributed by atoms with E-state index >= 15 is 0 Å². The molecule has 2 aromatic carbocycles. The third-order valence-corrected chi connectivity index (χ3v) is 6.64. The summed E-state index contributed by atoms with van der Waals surface area (Å²) in [6, 6.07) is 17.1. The molecule has 1 saturated heterocycles. The maximum Gasteiger partial charge on any atom is 0.243 e. The van der Waals surface area contributed by atoms with Crippen molar-refractivity contribution in [2.75, 3.05) is 13.1 Å². The fourth-order valence-corrected chi connectivity index (χ4v) is 4.83. The smallest absolute Gasteiger partial charge is 0.243 e. The fourth-order valence-electron chi connectivity index (χ4n) is 3.31. The van der Waals surface area contributed by atoms with Crippen LogP contribution in [0, 0.1) is 0 Å². The summed E-state index contributed by atoms with van der Waals surface area (Å²) in [5.41, 5.74) is 1.93. The minimum absolute atomic E-state index is 0.375. The Hall–Kier alpha value is -2.15. The van der Waals surface area contributed by atoms with Crippen LogP contribution >= 0.6 is 0 Å². The summed E-state index contributed by atoms with van der Waals surface area (Å²) < 4.78 is 32.4. The van der Waals surface area contributed by atoms with Crippen molar-refractivity contribution in [3.63, 3.8) is 0 Å². The van der Waals surface area contributed by atoms with Gasteiger partial charge in [0.2, 0.25) is 10.0 Å². The predicted octanol–water partition coefficient (Wildman–Crippen LogP) is 3.51. The Morgan fingerprint density at radius 1 is 0.962 bits per heavy atom. The Bertz CT molecular complexity index is 954. The average molecular weight is 370 g/mol. The van der Waals surface area contributed by atoms with E-state index in [9.17, 15) is 8.42 Å². The van der Waals surface area contributed by atoms with Crippen LogP contribution in [0.5, 0.6) is 0 Å². The molecule has 0 radical (unpaired) electrons. The lowest BCUT2D eigenvalue weighted by atomic mass is 10.2. The molecule has 0 bridgehead atoms. The van der Waals surface area contributed by atoms with E-state index in [-0.39, 0.29) is 0 Å². The number of hydrogen-bond donors (Lipinski definition) is 1. The molecule has 0 unspecified atom stereocenters. The van der Waals surface area contributed by atoms with E-state index in [1.54, 1.807) is 16.4 Å². The second-order valence-electron chi connectivity index (χ2n) is 6.61. The van der Waals surface area contributed by atoms with Gasteiger partial charge in [-0.1, -0.05) is 30.3 Å². The molecule has 1 aliphatic heterocycles. The molecule has 2 heterocycles. The van der Waals surface area contributed by atoms with Crippen LogP contribution in [0.25, 0.3) is 11.0 Å². The monoisotopic (exact) mass is 370 g/mol. The van der Waals surface area contributed by atoms with Gasteiger partial charge in [0.25, 0.3) is 0 Å². The standard InChI is InChI=1S/C20H22N2O3S/c23-26(24,22-11-3-4-12-22)19-9-7-16(8-10-19)14-21-15-18-13-17-5-1-2-6-20(17)25-18/h1-2,5-10,13,21H,3-4,11-12,14-15H2. The number of sulfonamides is 1. The van der Waals surface area contributed by atoms with Gasteiger partial charge in [0.05, 0.1) is 11.4 Å². The molecule has 0 atom stereocenters. The lowest BCUT2D eigenvalue weighted by Crippen LogP contribution is -2.27. The van der Waals surface area contributed by atoms with Gasteiger partial charge in [0, 0.05) is 25.0 Å². The molecule has 6 heteroatoms. The van der Waals surface area contributed by atoms with Crippen LogP contribution in [0.1, 0.15) is 24.2 Å². The molecule has 0 amide bonds. The summed E-state index contributed by atoms with van der Waals surface area (Å²) in [5.74, 6) is 0.888. The highest BCUT2D eigenvalue weighted by Crippen LogP contribution is 2.21. The number of furan rings is 1. The van der Waals surface area contributed by atoms with Gasteiger partial charge in [0.1, 0.15) is 11.3 Å². The van der Waals surface area contributed by atoms with E-state index in [2.05, 4.69) is 5.32 Å². The largest absolute Gasteiger partial charge is 0.460 e. The zero-order valence-corrected chi connectivity index (χ0v) is 15.3. The fraction of sp³-hybridized carbons (Fsp3) is 0.300. The molecule has 0 aliphatic carbocycles. The maximum atomic E-state index is 12.5. The Balaban J connectivity index is 1.37. The van der Waals surface area contributed by atoms with Crippen LogP contribution in [-0.4, -0.2) is 25.8 Å². The molecule has 1 aliphatic rings. The molecular weight excluding hydrogens is 348 g/mol. The summed E-state index contributed by atoms with van der Waals surface area (Å²) >= 11 is 0. The average Bonchev–Trinajstić information content (AvgIpc) is 3.32. The van der Waals surface area contributed by atoms with Crippen molar-refractivity contribution >= 4 is 21.0 Å². The topological polar surface area (TPSA) is 62.6 Å². The van der Waals surface area contributed by atoms with Gasteiger partial charge in [-0.3, -0.25) is 0 Å². The number of rotatable bonds is 6. The zero-order chi connectivity index (χ0) is 18.0. The van der Waals surface area contributed by atoms with Crippen LogP contribution in [-0.2, 0) is 23.1 Å². The molecule has 1 fully saturated rings. The van der Waals surface area contributed by atoms with E-state index in [4.69, 9.17) is 4.42 Å². The Morgan fingerprint density at radius 2 is 1.69 bits per heavy atom. The van der Waals surface area contributed by atoms with E-state index in [1.807, 2.05) is 42.5 Å². The van der Waals surface area contributed by atoms with Crippen molar-refractivity contribution < 1.29 is 12.8 Å². The normalized spacial score (nSPS) is 15.7. The SMILES string of the molecule is O=S(=O)(c1ccc(CNCc2cc3ccccc3o2)cc1)N1CCCC1. The molecule has 136 valence electrons. The van der Waals surface area contributed by atoms with Crippen LogP contribution in [0.2, 0.25) is 0 Å². The Morgan fingerprint density at radius 3 is 2.42 bits per heavy atom. The summed E-state index contributed by atoms with van der Waals surface area (Å²) in [5, 5.41) is 4.44. The number of para-hydroxylation sites is 1. The van der Waals surface area contributed by atoms with Crippen molar-refractivity contribution in [1.29, 1.82) is 0 Å². The van der Waals surface area contributed by atoms with Gasteiger partial charge in [-0.25, -0.2) is 8.42 Å². The summed E-state index contributed by atoms with van der Waals surface area (Å²) in [6.07, 6.45) is 1.89. The molecule has 1 N–H and O–H groups in total. The van der Waals surface area contributed by atoms with Gasteiger partial charge in [-0.2, -0.15) is 4.31 Å². The van der Waals surface area contributed by atoms with Crippen LogP contribution in [0.15, 0.2) is 63.9 Å². The third-order valence-electron chi connectivity index (χ3n) is 4.73. The second kappa shape index (κ2) is 7.23. The Kier molecular flexibility index (Phi) is 4.80. The molecule has 1 aromatic heterocycles. The number of nitrogens with zero attached hydrogens (tertiary/aromatic N) is 1. The minimum atomic E-state index is -3.34. The van der Waals surface area contributed by atoms with Gasteiger partial charge < -0.3 is 9.73 Å². The Labute approximate surface area is 153 Å². The van der Waals surface area contributed by atoms with Crippen molar-refractivity contribution in [1.82, 2.24) is 9.62 Å². The van der Waals surface area contributed by atoms with Gasteiger partial charge >= 0.3 is 0 Å². The third kappa shape index (κ3) is 3.53. The van der Waals surface area contributed by atoms with Gasteiger partial charge in [-0.15, -0.1) is 0 Å². The molecular formula is C20H22N2O3S. The van der Waals surface area contributed by atoms with Crippen molar-refractivity contribution in [3.05, 3.63) is 65.9 Å². The van der Waals surface area contributed by atoms with Crippen LogP contribution < -0.4 is 5.32 Å². The predicted molar refractivity (Wildman–Crippen MR) is 101 cm³/mol. The number of hydrogen-bond acceptors (Lipinski definition) is 4. The molecule has 5 nitrogen and oxygen atoms in total. The number of fused-ring (bicyclic) bond motifs is 1. The first-order valence-electron chi connectivity index (χ1n) is 8.90. The van der Waals surface area contributed by atoms with E-state index in [1.165, 1.54) is 0 Å². The minimum Gasteiger partial charge on any atom is -0.460 e. The molecule has 0 saturated carbocycles. The van der Waals surface area contributed by atoms with Crippen molar-refractivity contribution in [2.45, 2.75) is 30.8 Å². The van der Waals surface area contributed by atoms with Gasteiger partial charge in [0.15, 0.2) is 0 Å². The van der Waals surface area contributed by atoms with Crippen molar-refractivity contribution in [3.8, 4) is 0 Å². The summed E-state index contributed by atoms with van der Waals surface area (Å²) in [7, 11) is -3.34. The summed E-state index contributed by atoms with van der Waals surface area (Å²) in [4.78, 5) is 0.375. The number of nitrogens with one attached hydrogen (secondary N) is 1. The first-order valence-corrected chi connectivity index (χ1v) is 10.3. The van der Waals surface area contributed by atoms with Crippen LogP contribution in [0.3, 0.4) is 0 Å². The van der Waals surface area contributed by atoms with Gasteiger partial charge in [-0.05, 0) is 42.7 Å². The molecule has 4 rings (SSSR count). The zero-order valence-electron chi connectivity index (χ0n) is 14.5. The highest BCUT2D eigenvalue weighted by molar-refractivity contribution is 7.89. The highest BCUT2D eigenvalue weighted by atomic mass is 32.2. The first-order chi connectivity index (χ1) is 12.6. The molecule has 0 spiro atoms. The summed E-state index contributed by atoms with van der Waals surface area (Å²) in [6.45, 7) is 2.54. The van der Waals surface area contributed by atoms with E-state index < -0.39 is 10.0 Å². The lowest BCUT2D eigenvalue weighted by Gasteiger charge is -2.15. The number of benzene rings is 2. The quantitative estimate of drug-likeness (QED) is 0.721. The lowest BCUT2D eigenvalue weighted by molar-refractivity contribution is 0.477. The second-order valence-corrected chi connectivity index (χ2v) is 8.55. The molecule has 3 aromatic rings. The first kappa shape index (κ1) is 17.3. The highest BCUT2D eigenvalue weighted by Gasteiger charge is 2.26.